The summed E-state index contributed by atoms with van der Waals surface area (Å²) in [5.41, 5.74) is 0.647. The van der Waals surface area contributed by atoms with E-state index in [1.54, 1.807) is 6.16 Å². The molecule has 142 valence electrons. The van der Waals surface area contributed by atoms with Gasteiger partial charge in [-0.2, -0.15) is 0 Å². The van der Waals surface area contributed by atoms with Crippen molar-refractivity contribution in [1.82, 2.24) is 0 Å². The Morgan fingerprint density at radius 2 is 1.12 bits per heavy atom. The quantitative estimate of drug-likeness (QED) is 0.323. The molecule has 2 heteroatoms. The molecule has 0 aromatic heterocycles. The average molecular weight is 400 g/mol. The van der Waals surface area contributed by atoms with Gasteiger partial charge in [0.15, 0.2) is 0 Å². The minimum atomic E-state index is -3.21. The van der Waals surface area contributed by atoms with E-state index in [1.807, 2.05) is 0 Å². The molecule has 0 radical (unpaired) electrons. The molecule has 1 spiro atoms. The first-order valence-corrected chi connectivity index (χ1v) is 18.7. The van der Waals surface area contributed by atoms with Crippen LogP contribution in [0.15, 0.2) is 0 Å². The van der Waals surface area contributed by atoms with Gasteiger partial charge in [0.25, 0.3) is 0 Å². The van der Waals surface area contributed by atoms with Crippen LogP contribution in [0, 0.1) is 5.41 Å². The predicted molar refractivity (Wildman–Crippen MR) is 106 cm³/mol. The van der Waals surface area contributed by atoms with Crippen LogP contribution in [0.2, 0.25) is 47.2 Å². The second-order valence-electron chi connectivity index (χ2n) is 17.1. The maximum absolute atomic E-state index is 3.21. The Labute approximate surface area is 145 Å². The molecule has 10 saturated heterocycles. The summed E-state index contributed by atoms with van der Waals surface area (Å²) in [7, 11) is 0.107. The molecule has 0 amide bonds. The zero-order chi connectivity index (χ0) is 17.7. The van der Waals surface area contributed by atoms with Crippen molar-refractivity contribution < 1.29 is 6.51 Å². The molecule has 0 saturated carbocycles. The third kappa shape index (κ3) is 0.204. The van der Waals surface area contributed by atoms with Gasteiger partial charge in [-0.1, -0.05) is 0 Å². The first-order valence-electron chi connectivity index (χ1n) is 11.0. The summed E-state index contributed by atoms with van der Waals surface area (Å²) >= 11 is 0. The van der Waals surface area contributed by atoms with Gasteiger partial charge in [0.2, 0.25) is 0 Å². The average Bonchev–Trinajstić information content (AvgIpc) is 3.34. The summed E-state index contributed by atoms with van der Waals surface area (Å²) in [6.07, 6.45) is 1.75. The minimum absolute atomic E-state index is 0.107. The first-order chi connectivity index (χ1) is 11.0. The van der Waals surface area contributed by atoms with Crippen molar-refractivity contribution in [2.24, 2.45) is 5.41 Å². The summed E-state index contributed by atoms with van der Waals surface area (Å²) in [5.74, 6) is 0. The topological polar surface area (TPSA) is 0 Å². The van der Waals surface area contributed by atoms with Crippen LogP contribution in [0.1, 0.15) is 62.3 Å². The van der Waals surface area contributed by atoms with Crippen LogP contribution in [0.3, 0.4) is 0 Å². The van der Waals surface area contributed by atoms with Crippen LogP contribution in [-0.2, 0) is 6.51 Å². The molecule has 10 aliphatic rings. The molecule has 10 heterocycles. The van der Waals surface area contributed by atoms with Crippen molar-refractivity contribution in [3.63, 3.8) is 0 Å². The fourth-order valence-electron chi connectivity index (χ4n) is 21.5. The molecule has 0 nitrogen and oxygen atoms in total. The van der Waals surface area contributed by atoms with Gasteiger partial charge in [0, 0.05) is 0 Å². The van der Waals surface area contributed by atoms with Crippen molar-refractivity contribution in [3.05, 3.63) is 0 Å². The molecule has 10 rings (SSSR count). The zero-order valence-electron chi connectivity index (χ0n) is 17.6. The van der Waals surface area contributed by atoms with E-state index in [0.29, 0.717) is 15.7 Å². The SMILES string of the molecule is CC(C)(C)P(C[C]12[CH]3[CH]4[CH]5[C]1(C(C)(C)C)[Fe]43521678[CH]2[CH]1[CH]6[CH]7[CH]28)C(C)(C)C. The summed E-state index contributed by atoms with van der Waals surface area (Å²) in [4.78, 5) is 11.6. The van der Waals surface area contributed by atoms with Gasteiger partial charge in [-0.15, -0.1) is 0 Å². The van der Waals surface area contributed by atoms with Gasteiger partial charge < -0.3 is 0 Å². The van der Waals surface area contributed by atoms with E-state index in [-0.39, 0.29) is 7.92 Å². The Hall–Kier alpha value is 0.949. The van der Waals surface area contributed by atoms with Gasteiger partial charge in [-0.25, -0.2) is 0 Å². The van der Waals surface area contributed by atoms with E-state index < -0.39 is 6.51 Å². The Morgan fingerprint density at radius 1 is 0.680 bits per heavy atom. The molecule has 0 aliphatic carbocycles. The standard InChI is InChI=1S/C18H32P.C5H5.Fe/c1-16(2,3)15-12-10-11-14(15)13-19(17(4,5)6)18(7,8)9;1-2-4-5-3-1;/h10-12H,13H2,1-9H3;1-5H;. The van der Waals surface area contributed by atoms with Gasteiger partial charge in [-0.3, -0.25) is 0 Å². The zero-order valence-corrected chi connectivity index (χ0v) is 19.6. The van der Waals surface area contributed by atoms with E-state index >= 15 is 0 Å². The molecule has 0 aromatic rings. The van der Waals surface area contributed by atoms with Crippen molar-refractivity contribution in [2.75, 3.05) is 6.16 Å². The second kappa shape index (κ2) is 1.32. The third-order valence-electron chi connectivity index (χ3n) is 18.3. The van der Waals surface area contributed by atoms with Crippen LogP contribution in [0.25, 0.3) is 0 Å². The Balaban J connectivity index is 1.32. The van der Waals surface area contributed by atoms with Gasteiger partial charge in [-0.05, 0) is 0 Å². The molecule has 25 heavy (non-hydrogen) atoms. The fourth-order valence-corrected chi connectivity index (χ4v) is 108. The number of fused-ring (bicyclic) bond motifs is 10. The van der Waals surface area contributed by atoms with Crippen LogP contribution in [-0.4, -0.2) is 16.5 Å². The van der Waals surface area contributed by atoms with Gasteiger partial charge in [0.05, 0.1) is 0 Å². The van der Waals surface area contributed by atoms with E-state index in [9.17, 15) is 0 Å². The summed E-state index contributed by atoms with van der Waals surface area (Å²) in [6.45, 7) is 20.6. The Kier molecular flexibility index (Phi) is 0.701. The summed E-state index contributed by atoms with van der Waals surface area (Å²) in [6, 6.07) is 0. The molecule has 5 atom stereocenters. The normalized spacial score (nSPS) is 90.3. The molecule has 0 N–H and O–H groups in total. The van der Waals surface area contributed by atoms with Gasteiger partial charge >= 0.3 is 146 Å². The molecule has 0 bridgehead atoms. The molecule has 0 aromatic carbocycles. The fraction of sp³-hybridized carbons (Fsp3) is 1.00. The molecular weight excluding hydrogens is 363 g/mol. The van der Waals surface area contributed by atoms with Crippen molar-refractivity contribution in [1.29, 1.82) is 0 Å². The third-order valence-corrected chi connectivity index (χ3v) is 66.5. The van der Waals surface area contributed by atoms with E-state index in [1.165, 1.54) is 38.5 Å². The summed E-state index contributed by atoms with van der Waals surface area (Å²) in [5, 5.41) is 1.07. The maximum atomic E-state index is 2.73. The molecule has 10 fully saturated rings. The Bertz CT molecular complexity index is 1180. The predicted octanol–water partition coefficient (Wildman–Crippen LogP) is 8.24. The number of rotatable bonds is 2. The van der Waals surface area contributed by atoms with Crippen LogP contribution in [0.4, 0.5) is 0 Å². The number of hydrogen-bond donors (Lipinski definition) is 0. The van der Waals surface area contributed by atoms with Crippen LogP contribution < -0.4 is 0 Å². The van der Waals surface area contributed by atoms with Crippen molar-refractivity contribution in [3.8, 4) is 0 Å². The Morgan fingerprint density at radius 3 is 1.36 bits per heavy atom. The first kappa shape index (κ1) is 13.2. The molecule has 10 aliphatic heterocycles. The molecular formula is C23H37FeP. The van der Waals surface area contributed by atoms with Crippen LogP contribution in [0.5, 0.6) is 0 Å². The van der Waals surface area contributed by atoms with E-state index in [2.05, 4.69) is 62.3 Å². The van der Waals surface area contributed by atoms with Crippen molar-refractivity contribution in [2.45, 2.75) is 120 Å². The van der Waals surface area contributed by atoms with E-state index in [4.69, 9.17) is 0 Å². The van der Waals surface area contributed by atoms with Gasteiger partial charge in [0.1, 0.15) is 0 Å². The van der Waals surface area contributed by atoms with Crippen LogP contribution >= 0.6 is 7.92 Å². The summed E-state index contributed by atoms with van der Waals surface area (Å²) < 4.78 is 2.05. The molecule has 5 unspecified atom stereocenters. The van der Waals surface area contributed by atoms with E-state index in [0.717, 1.165) is 8.63 Å². The van der Waals surface area contributed by atoms with Crippen molar-refractivity contribution >= 4 is 7.92 Å². The number of hydrogen-bond acceptors (Lipinski definition) is 0. The second-order valence-corrected chi connectivity index (χ2v) is 44.3. The monoisotopic (exact) mass is 400 g/mol.